The minimum atomic E-state index is -4.96. The first kappa shape index (κ1) is 98.1. The largest absolute Gasteiger partial charge is 0.472 e. The van der Waals surface area contributed by atoms with E-state index < -0.39 is 97.5 Å². The van der Waals surface area contributed by atoms with Gasteiger partial charge in [0.15, 0.2) is 12.2 Å². The van der Waals surface area contributed by atoms with Crippen LogP contribution >= 0.6 is 15.6 Å². The van der Waals surface area contributed by atoms with Gasteiger partial charge in [-0.1, -0.05) is 364 Å². The molecule has 0 aliphatic heterocycles. The van der Waals surface area contributed by atoms with Crippen molar-refractivity contribution >= 4 is 39.5 Å². The van der Waals surface area contributed by atoms with Crippen molar-refractivity contribution in [3.8, 4) is 0 Å². The highest BCUT2D eigenvalue weighted by molar-refractivity contribution is 7.47. The Balaban J connectivity index is 5.27. The van der Waals surface area contributed by atoms with Crippen LogP contribution in [0.3, 0.4) is 0 Å². The summed E-state index contributed by atoms with van der Waals surface area (Å²) in [5, 5.41) is 10.6. The molecule has 0 aromatic rings. The number of rotatable bonds is 78. The number of esters is 4. The molecule has 0 radical (unpaired) electrons. The van der Waals surface area contributed by atoms with Crippen LogP contribution < -0.4 is 0 Å². The van der Waals surface area contributed by atoms with Crippen molar-refractivity contribution in [3.05, 3.63) is 0 Å². The SMILES string of the molecule is CC(C)CCCCCCCCCCCCCCCCC(=O)OC[C@H](COP(=O)(O)OC[C@@H](O)COP(=O)(O)OC[C@@H](COC(=O)CCCCCCCCCCCCC(C)C)OC(=O)CCCCCCCCCCCCC(C)C)OC(=O)CCCCCCCCCCCCCCCCC(C)C. The minimum absolute atomic E-state index is 0.106. The number of aliphatic hydroxyl groups is 1. The van der Waals surface area contributed by atoms with Crippen LogP contribution in [-0.2, 0) is 65.4 Å². The summed E-state index contributed by atoms with van der Waals surface area (Å²) in [7, 11) is -9.92. The zero-order valence-electron chi connectivity index (χ0n) is 65.8. The summed E-state index contributed by atoms with van der Waals surface area (Å²) in [5.74, 6) is 0.992. The Morgan fingerprint density at radius 3 is 0.620 bits per heavy atom. The molecule has 0 heterocycles. The van der Waals surface area contributed by atoms with Gasteiger partial charge in [0.1, 0.15) is 19.3 Å². The van der Waals surface area contributed by atoms with Gasteiger partial charge in [-0.05, 0) is 49.4 Å². The molecule has 0 aromatic carbocycles. The van der Waals surface area contributed by atoms with Crippen molar-refractivity contribution in [2.45, 2.75) is 433 Å². The summed E-state index contributed by atoms with van der Waals surface area (Å²) < 4.78 is 68.8. The maximum absolute atomic E-state index is 13.1. The molecule has 0 amide bonds. The molecule has 3 N–H and O–H groups in total. The fraction of sp³-hybridized carbons (Fsp3) is 0.951. The molecular weight excluding hydrogens is 1310 g/mol. The lowest BCUT2D eigenvalue weighted by atomic mass is 10.0. The third kappa shape index (κ3) is 74.3. The predicted octanol–water partition coefficient (Wildman–Crippen LogP) is 24.0. The molecule has 19 heteroatoms. The molecule has 0 fully saturated rings. The van der Waals surface area contributed by atoms with Crippen LogP contribution in [0.1, 0.15) is 415 Å². The van der Waals surface area contributed by atoms with Gasteiger partial charge in [-0.3, -0.25) is 37.3 Å². The maximum Gasteiger partial charge on any atom is 0.472 e. The van der Waals surface area contributed by atoms with Crippen LogP contribution in [-0.4, -0.2) is 96.7 Å². The van der Waals surface area contributed by atoms with E-state index >= 15 is 0 Å². The van der Waals surface area contributed by atoms with Crippen molar-refractivity contribution in [2.24, 2.45) is 23.7 Å². The van der Waals surface area contributed by atoms with E-state index in [2.05, 4.69) is 55.4 Å². The Kier molecular flexibility index (Phi) is 68.7. The number of phosphoric ester groups is 2. The van der Waals surface area contributed by atoms with Gasteiger partial charge in [0, 0.05) is 25.7 Å². The number of unbranched alkanes of at least 4 members (excludes halogenated alkanes) is 44. The first-order valence-corrected chi connectivity index (χ1v) is 44.7. The number of phosphoric acid groups is 2. The van der Waals surface area contributed by atoms with Gasteiger partial charge in [0.25, 0.3) is 0 Å². The Bertz CT molecular complexity index is 1950. The van der Waals surface area contributed by atoms with Crippen LogP contribution in [0.25, 0.3) is 0 Å². The van der Waals surface area contributed by atoms with Crippen molar-refractivity contribution < 1.29 is 80.2 Å². The van der Waals surface area contributed by atoms with Crippen LogP contribution in [0.15, 0.2) is 0 Å². The van der Waals surface area contributed by atoms with E-state index in [0.717, 1.165) is 114 Å². The maximum atomic E-state index is 13.1. The first-order chi connectivity index (χ1) is 48.1. The van der Waals surface area contributed by atoms with E-state index in [1.807, 2.05) is 0 Å². The standard InChI is InChI=1S/C81H158O17P2/c1-71(2)57-49-41-33-25-17-13-9-11-15-19-29-37-45-53-61-78(83)91-67-76(97-80(85)63-55-47-39-31-20-16-12-10-14-18-26-34-42-50-58-72(3)4)69-95-99(87,88)93-65-75(82)66-94-100(89,90)96-70-77(98-81(86)64-56-48-40-32-24-22-28-36-44-52-60-74(7)8)68-92-79(84)62-54-46-38-30-23-21-27-35-43-51-59-73(5)6/h71-77,82H,9-70H2,1-8H3,(H,87,88)(H,89,90)/t75-,76-,77-/m1/s1. The number of carbonyl (C=O) groups is 4. The topological polar surface area (TPSA) is 237 Å². The summed E-state index contributed by atoms with van der Waals surface area (Å²) in [4.78, 5) is 73.1. The quantitative estimate of drug-likeness (QED) is 0.0222. The lowest BCUT2D eigenvalue weighted by molar-refractivity contribution is -0.161. The van der Waals surface area contributed by atoms with Gasteiger partial charge >= 0.3 is 39.5 Å². The highest BCUT2D eigenvalue weighted by Crippen LogP contribution is 2.45. The molecule has 100 heavy (non-hydrogen) atoms. The van der Waals surface area contributed by atoms with Crippen molar-refractivity contribution in [1.29, 1.82) is 0 Å². The number of hydrogen-bond acceptors (Lipinski definition) is 15. The lowest BCUT2D eigenvalue weighted by Gasteiger charge is -2.21. The van der Waals surface area contributed by atoms with Gasteiger partial charge in [0.05, 0.1) is 26.4 Å². The normalized spacial score (nSPS) is 14.0. The number of carbonyl (C=O) groups excluding carboxylic acids is 4. The van der Waals surface area contributed by atoms with Crippen molar-refractivity contribution in [2.75, 3.05) is 39.6 Å². The van der Waals surface area contributed by atoms with E-state index in [1.165, 1.54) is 218 Å². The second-order valence-electron chi connectivity index (χ2n) is 31.1. The molecular formula is C81H158O17P2. The van der Waals surface area contributed by atoms with Crippen molar-refractivity contribution in [1.82, 2.24) is 0 Å². The molecule has 0 aliphatic carbocycles. The first-order valence-electron chi connectivity index (χ1n) is 41.7. The number of hydrogen-bond donors (Lipinski definition) is 3. The molecule has 0 aliphatic rings. The zero-order chi connectivity index (χ0) is 73.8. The van der Waals surface area contributed by atoms with Crippen LogP contribution in [0.5, 0.6) is 0 Å². The Morgan fingerprint density at radius 1 is 0.250 bits per heavy atom. The Morgan fingerprint density at radius 2 is 0.420 bits per heavy atom. The number of aliphatic hydroxyl groups excluding tert-OH is 1. The van der Waals surface area contributed by atoms with Crippen molar-refractivity contribution in [3.63, 3.8) is 0 Å². The second kappa shape index (κ2) is 70.1. The highest BCUT2D eigenvalue weighted by Gasteiger charge is 2.30. The molecule has 0 bridgehead atoms. The van der Waals surface area contributed by atoms with E-state index in [1.54, 1.807) is 0 Å². The minimum Gasteiger partial charge on any atom is -0.462 e. The molecule has 594 valence electrons. The predicted molar refractivity (Wildman–Crippen MR) is 409 cm³/mol. The summed E-state index contributed by atoms with van der Waals surface area (Å²) in [6.07, 6.45) is 56.8. The van der Waals surface area contributed by atoms with E-state index in [-0.39, 0.29) is 25.7 Å². The zero-order valence-corrected chi connectivity index (χ0v) is 67.6. The highest BCUT2D eigenvalue weighted by atomic mass is 31.2. The van der Waals surface area contributed by atoms with E-state index in [0.29, 0.717) is 25.7 Å². The van der Waals surface area contributed by atoms with Gasteiger partial charge < -0.3 is 33.8 Å². The Hall–Kier alpha value is -1.94. The molecule has 0 saturated heterocycles. The number of ether oxygens (including phenoxy) is 4. The molecule has 17 nitrogen and oxygen atoms in total. The van der Waals surface area contributed by atoms with Crippen LogP contribution in [0, 0.1) is 23.7 Å². The summed E-state index contributed by atoms with van der Waals surface area (Å²) in [6, 6.07) is 0. The van der Waals surface area contributed by atoms with Gasteiger partial charge in [-0.2, -0.15) is 0 Å². The molecule has 0 saturated carbocycles. The Labute approximate surface area is 613 Å². The average molecular weight is 1470 g/mol. The fourth-order valence-corrected chi connectivity index (χ4v) is 14.0. The average Bonchev–Trinajstić information content (AvgIpc) is 0.911. The molecule has 0 spiro atoms. The third-order valence-corrected chi connectivity index (χ3v) is 20.7. The fourth-order valence-electron chi connectivity index (χ4n) is 12.4. The summed E-state index contributed by atoms with van der Waals surface area (Å²) in [5.41, 5.74) is 0. The smallest absolute Gasteiger partial charge is 0.462 e. The lowest BCUT2D eigenvalue weighted by Crippen LogP contribution is -2.30. The van der Waals surface area contributed by atoms with Gasteiger partial charge in [-0.25, -0.2) is 9.13 Å². The van der Waals surface area contributed by atoms with Gasteiger partial charge in [-0.15, -0.1) is 0 Å². The monoisotopic (exact) mass is 1470 g/mol. The van der Waals surface area contributed by atoms with Crippen LogP contribution in [0.4, 0.5) is 0 Å². The molecule has 5 atom stereocenters. The molecule has 2 unspecified atom stereocenters. The third-order valence-electron chi connectivity index (χ3n) is 18.8. The van der Waals surface area contributed by atoms with Gasteiger partial charge in [0.2, 0.25) is 0 Å². The second-order valence-corrected chi connectivity index (χ2v) is 34.0. The van der Waals surface area contributed by atoms with E-state index in [9.17, 15) is 43.2 Å². The molecule has 0 aromatic heterocycles. The summed E-state index contributed by atoms with van der Waals surface area (Å²) in [6.45, 7) is 14.3. The van der Waals surface area contributed by atoms with Crippen LogP contribution in [0.2, 0.25) is 0 Å². The summed E-state index contributed by atoms with van der Waals surface area (Å²) >= 11 is 0. The van der Waals surface area contributed by atoms with E-state index in [4.69, 9.17) is 37.0 Å². The molecule has 0 rings (SSSR count).